The zero-order valence-electron chi connectivity index (χ0n) is 12.0. The van der Waals surface area contributed by atoms with E-state index in [-0.39, 0.29) is 35.5 Å². The van der Waals surface area contributed by atoms with E-state index in [0.717, 1.165) is 25.8 Å². The van der Waals surface area contributed by atoms with E-state index in [9.17, 15) is 13.2 Å². The number of piperidine rings is 1. The Morgan fingerprint density at radius 1 is 1.40 bits per heavy atom. The molecule has 116 valence electrons. The summed E-state index contributed by atoms with van der Waals surface area (Å²) in [5.41, 5.74) is 5.98. The number of carbonyl (C=O) groups excluding carboxylic acids is 1. The van der Waals surface area contributed by atoms with Gasteiger partial charge in [-0.1, -0.05) is 6.42 Å². The first-order valence-corrected chi connectivity index (χ1v) is 9.19. The van der Waals surface area contributed by atoms with Crippen molar-refractivity contribution in [3.63, 3.8) is 0 Å². The molecule has 2 heterocycles. The van der Waals surface area contributed by atoms with Gasteiger partial charge in [-0.15, -0.1) is 0 Å². The van der Waals surface area contributed by atoms with Crippen LogP contribution in [-0.4, -0.2) is 61.9 Å². The molecule has 6 nitrogen and oxygen atoms in total. The first-order valence-electron chi connectivity index (χ1n) is 7.37. The maximum Gasteiger partial charge on any atom is 0.234 e. The normalized spacial score (nSPS) is 31.9. The van der Waals surface area contributed by atoms with E-state index in [4.69, 9.17) is 5.73 Å². The molecule has 0 radical (unpaired) electrons. The van der Waals surface area contributed by atoms with Crippen LogP contribution < -0.4 is 11.1 Å². The first kappa shape index (κ1) is 15.7. The number of carbonyl (C=O) groups is 1. The lowest BCUT2D eigenvalue weighted by Gasteiger charge is -2.37. The number of sulfone groups is 1. The molecule has 7 heteroatoms. The van der Waals surface area contributed by atoms with E-state index in [1.165, 1.54) is 0 Å². The van der Waals surface area contributed by atoms with Crippen LogP contribution in [0.15, 0.2) is 0 Å². The standard InChI is InChI=1S/C13H25N3O3S/c1-10(14)12-4-2-3-6-16(12)8-13(17)15-11-5-7-20(18,19)9-11/h10-12H,2-9,14H2,1H3,(H,15,17). The van der Waals surface area contributed by atoms with Crippen LogP contribution >= 0.6 is 0 Å². The van der Waals surface area contributed by atoms with Gasteiger partial charge in [0.25, 0.3) is 0 Å². The molecule has 3 atom stereocenters. The molecule has 2 fully saturated rings. The summed E-state index contributed by atoms with van der Waals surface area (Å²) in [6.07, 6.45) is 3.81. The van der Waals surface area contributed by atoms with Crippen molar-refractivity contribution in [2.75, 3.05) is 24.6 Å². The Labute approximate surface area is 121 Å². The summed E-state index contributed by atoms with van der Waals surface area (Å²) in [5.74, 6) is 0.180. The van der Waals surface area contributed by atoms with E-state index in [0.29, 0.717) is 13.0 Å². The molecule has 3 unspecified atom stereocenters. The van der Waals surface area contributed by atoms with E-state index < -0.39 is 9.84 Å². The van der Waals surface area contributed by atoms with E-state index in [1.54, 1.807) is 0 Å². The molecule has 0 saturated carbocycles. The second-order valence-electron chi connectivity index (χ2n) is 6.06. The van der Waals surface area contributed by atoms with Crippen LogP contribution in [0.1, 0.15) is 32.6 Å². The lowest BCUT2D eigenvalue weighted by Crippen LogP contribution is -2.53. The maximum absolute atomic E-state index is 12.1. The second kappa shape index (κ2) is 6.41. The average molecular weight is 303 g/mol. The quantitative estimate of drug-likeness (QED) is 0.730. The molecule has 1 amide bonds. The number of hydrogen-bond donors (Lipinski definition) is 2. The molecular formula is C13H25N3O3S. The Bertz CT molecular complexity index is 450. The molecular weight excluding hydrogens is 278 g/mol. The van der Waals surface area contributed by atoms with Crippen molar-refractivity contribution in [1.82, 2.24) is 10.2 Å². The van der Waals surface area contributed by atoms with Crippen molar-refractivity contribution in [3.8, 4) is 0 Å². The Morgan fingerprint density at radius 3 is 2.75 bits per heavy atom. The fourth-order valence-corrected chi connectivity index (χ4v) is 4.85. The summed E-state index contributed by atoms with van der Waals surface area (Å²) in [5, 5.41) is 2.84. The van der Waals surface area contributed by atoms with Crippen molar-refractivity contribution in [2.45, 2.75) is 50.7 Å². The molecule has 2 saturated heterocycles. The smallest absolute Gasteiger partial charge is 0.234 e. The average Bonchev–Trinajstić information content (AvgIpc) is 2.68. The summed E-state index contributed by atoms with van der Waals surface area (Å²) in [6, 6.07) is 0.0859. The van der Waals surface area contributed by atoms with Crippen molar-refractivity contribution in [1.29, 1.82) is 0 Å². The number of rotatable bonds is 4. The largest absolute Gasteiger partial charge is 0.351 e. The van der Waals surface area contributed by atoms with Crippen LogP contribution in [0.25, 0.3) is 0 Å². The Kier molecular flexibility index (Phi) is 5.04. The minimum atomic E-state index is -2.95. The monoisotopic (exact) mass is 303 g/mol. The molecule has 2 aliphatic rings. The summed E-state index contributed by atoms with van der Waals surface area (Å²) in [6.45, 7) is 3.19. The van der Waals surface area contributed by atoms with Gasteiger partial charge in [0.1, 0.15) is 0 Å². The Hall–Kier alpha value is -0.660. The molecule has 20 heavy (non-hydrogen) atoms. The highest BCUT2D eigenvalue weighted by Gasteiger charge is 2.31. The fraction of sp³-hybridized carbons (Fsp3) is 0.923. The number of nitrogens with two attached hydrogens (primary N) is 1. The third-order valence-corrected chi connectivity index (χ3v) is 5.98. The number of nitrogens with one attached hydrogen (secondary N) is 1. The van der Waals surface area contributed by atoms with Gasteiger partial charge in [0, 0.05) is 18.1 Å². The Morgan fingerprint density at radius 2 is 2.15 bits per heavy atom. The van der Waals surface area contributed by atoms with Crippen LogP contribution in [0.5, 0.6) is 0 Å². The van der Waals surface area contributed by atoms with Gasteiger partial charge in [-0.2, -0.15) is 0 Å². The highest BCUT2D eigenvalue weighted by Crippen LogP contribution is 2.18. The van der Waals surface area contributed by atoms with E-state index in [1.807, 2.05) is 6.92 Å². The summed E-state index contributed by atoms with van der Waals surface area (Å²) in [4.78, 5) is 14.2. The first-order chi connectivity index (χ1) is 9.37. The van der Waals surface area contributed by atoms with Gasteiger partial charge in [0.2, 0.25) is 5.91 Å². The van der Waals surface area contributed by atoms with Crippen molar-refractivity contribution < 1.29 is 13.2 Å². The topological polar surface area (TPSA) is 92.5 Å². The number of hydrogen-bond acceptors (Lipinski definition) is 5. The minimum absolute atomic E-state index is 0.0509. The molecule has 2 rings (SSSR count). The van der Waals surface area contributed by atoms with Gasteiger partial charge in [-0.3, -0.25) is 9.69 Å². The zero-order chi connectivity index (χ0) is 14.8. The van der Waals surface area contributed by atoms with Crippen molar-refractivity contribution >= 4 is 15.7 Å². The SMILES string of the molecule is CC(N)C1CCCCN1CC(=O)NC1CCS(=O)(=O)C1. The van der Waals surface area contributed by atoms with Crippen LogP contribution in [0.2, 0.25) is 0 Å². The van der Waals surface area contributed by atoms with Gasteiger partial charge in [0.15, 0.2) is 9.84 Å². The van der Waals surface area contributed by atoms with Crippen molar-refractivity contribution in [3.05, 3.63) is 0 Å². The summed E-state index contributed by atoms with van der Waals surface area (Å²) < 4.78 is 22.8. The van der Waals surface area contributed by atoms with Crippen molar-refractivity contribution in [2.24, 2.45) is 5.73 Å². The number of nitrogens with zero attached hydrogens (tertiary/aromatic N) is 1. The molecule has 0 spiro atoms. The molecule has 3 N–H and O–H groups in total. The third-order valence-electron chi connectivity index (χ3n) is 4.22. The number of amides is 1. The van der Waals surface area contributed by atoms with Gasteiger partial charge in [-0.25, -0.2) is 8.42 Å². The minimum Gasteiger partial charge on any atom is -0.351 e. The van der Waals surface area contributed by atoms with E-state index in [2.05, 4.69) is 10.2 Å². The molecule has 0 aromatic rings. The highest BCUT2D eigenvalue weighted by molar-refractivity contribution is 7.91. The predicted molar refractivity (Wildman–Crippen MR) is 78.1 cm³/mol. The van der Waals surface area contributed by atoms with Crippen LogP contribution in [0, 0.1) is 0 Å². The van der Waals surface area contributed by atoms with Gasteiger partial charge < -0.3 is 11.1 Å². The third kappa shape index (κ3) is 4.17. The summed E-state index contributed by atoms with van der Waals surface area (Å²) in [7, 11) is -2.95. The lowest BCUT2D eigenvalue weighted by molar-refractivity contribution is -0.123. The van der Waals surface area contributed by atoms with Gasteiger partial charge in [0.05, 0.1) is 18.1 Å². The molecule has 0 aliphatic carbocycles. The maximum atomic E-state index is 12.1. The summed E-state index contributed by atoms with van der Waals surface area (Å²) >= 11 is 0. The van der Waals surface area contributed by atoms with Crippen LogP contribution in [0.3, 0.4) is 0 Å². The zero-order valence-corrected chi connectivity index (χ0v) is 12.9. The molecule has 2 aliphatic heterocycles. The van der Waals surface area contributed by atoms with Crippen LogP contribution in [0.4, 0.5) is 0 Å². The number of likely N-dealkylation sites (tertiary alicyclic amines) is 1. The highest BCUT2D eigenvalue weighted by atomic mass is 32.2. The predicted octanol–water partition coefficient (Wildman–Crippen LogP) is -0.509. The molecule has 0 aromatic heterocycles. The van der Waals surface area contributed by atoms with Gasteiger partial charge >= 0.3 is 0 Å². The lowest BCUT2D eigenvalue weighted by atomic mass is 9.97. The molecule has 0 aromatic carbocycles. The fourth-order valence-electron chi connectivity index (χ4n) is 3.18. The second-order valence-corrected chi connectivity index (χ2v) is 8.29. The van der Waals surface area contributed by atoms with E-state index >= 15 is 0 Å². The van der Waals surface area contributed by atoms with Crippen LogP contribution in [-0.2, 0) is 14.6 Å². The Balaban J connectivity index is 1.84. The van der Waals surface area contributed by atoms with Gasteiger partial charge in [-0.05, 0) is 32.7 Å². The molecule has 0 bridgehead atoms.